The van der Waals surface area contributed by atoms with Gasteiger partial charge < -0.3 is 21.1 Å². The minimum atomic E-state index is -0.877. The average Bonchev–Trinajstić information content (AvgIpc) is 2.38. The first-order valence-electron chi connectivity index (χ1n) is 5.73. The first-order valence-corrected chi connectivity index (χ1v) is 5.73. The number of carbonyl (C=O) groups is 2. The van der Waals surface area contributed by atoms with E-state index in [0.29, 0.717) is 0 Å². The molecule has 6 nitrogen and oxygen atoms in total. The monoisotopic (exact) mass is 267 g/mol. The molecule has 102 valence electrons. The lowest BCUT2D eigenvalue weighted by Gasteiger charge is -2.33. The molecule has 0 aromatic heterocycles. The minimum absolute atomic E-state index is 0.0255. The number of benzene rings is 1. The van der Waals surface area contributed by atoms with E-state index in [4.69, 9.17) is 16.2 Å². The SMILES string of the molecule is NC(=O)C1COCCN1C(=O)c1ccc(N)cc1F. The molecule has 0 aliphatic carbocycles. The Bertz CT molecular complexity index is 521. The predicted molar refractivity (Wildman–Crippen MR) is 65.7 cm³/mol. The molecule has 1 atom stereocenters. The van der Waals surface area contributed by atoms with Crippen molar-refractivity contribution in [2.45, 2.75) is 6.04 Å². The van der Waals surface area contributed by atoms with Crippen molar-refractivity contribution >= 4 is 17.5 Å². The van der Waals surface area contributed by atoms with Gasteiger partial charge in [-0.05, 0) is 18.2 Å². The fourth-order valence-corrected chi connectivity index (χ4v) is 1.94. The van der Waals surface area contributed by atoms with Crippen molar-refractivity contribution in [1.29, 1.82) is 0 Å². The molecular weight excluding hydrogens is 253 g/mol. The summed E-state index contributed by atoms with van der Waals surface area (Å²) in [5.41, 5.74) is 10.7. The third-order valence-electron chi connectivity index (χ3n) is 2.94. The summed E-state index contributed by atoms with van der Waals surface area (Å²) in [5, 5.41) is 0. The Kier molecular flexibility index (Phi) is 3.66. The van der Waals surface area contributed by atoms with Crippen LogP contribution >= 0.6 is 0 Å². The summed E-state index contributed by atoms with van der Waals surface area (Å²) in [5.74, 6) is -1.99. The van der Waals surface area contributed by atoms with Gasteiger partial charge in [-0.3, -0.25) is 9.59 Å². The predicted octanol–water partition coefficient (Wildman–Crippen LogP) is -0.266. The number of nitrogens with zero attached hydrogens (tertiary/aromatic N) is 1. The third kappa shape index (κ3) is 2.65. The maximum atomic E-state index is 13.7. The van der Waals surface area contributed by atoms with Crippen molar-refractivity contribution in [3.63, 3.8) is 0 Å². The zero-order valence-corrected chi connectivity index (χ0v) is 10.1. The highest BCUT2D eigenvalue weighted by atomic mass is 19.1. The van der Waals surface area contributed by atoms with E-state index in [1.165, 1.54) is 17.0 Å². The Hall–Kier alpha value is -2.15. The molecular formula is C12H14FN3O3. The van der Waals surface area contributed by atoms with Crippen LogP contribution in [0.15, 0.2) is 18.2 Å². The number of primary amides is 1. The van der Waals surface area contributed by atoms with Gasteiger partial charge in [-0.15, -0.1) is 0 Å². The van der Waals surface area contributed by atoms with Gasteiger partial charge in [0.1, 0.15) is 11.9 Å². The van der Waals surface area contributed by atoms with Crippen molar-refractivity contribution in [3.05, 3.63) is 29.6 Å². The second-order valence-corrected chi connectivity index (χ2v) is 4.23. The van der Waals surface area contributed by atoms with Gasteiger partial charge in [0.25, 0.3) is 5.91 Å². The molecule has 19 heavy (non-hydrogen) atoms. The lowest BCUT2D eigenvalue weighted by atomic mass is 10.1. The maximum Gasteiger partial charge on any atom is 0.257 e. The van der Waals surface area contributed by atoms with Gasteiger partial charge in [0.2, 0.25) is 5.91 Å². The molecule has 1 aromatic carbocycles. The molecule has 1 saturated heterocycles. The molecule has 0 bridgehead atoms. The van der Waals surface area contributed by atoms with E-state index in [2.05, 4.69) is 0 Å². The zero-order chi connectivity index (χ0) is 14.0. The molecule has 7 heteroatoms. The molecule has 0 saturated carbocycles. The van der Waals surface area contributed by atoms with Crippen LogP contribution in [0.2, 0.25) is 0 Å². The number of carbonyl (C=O) groups excluding carboxylic acids is 2. The summed E-state index contributed by atoms with van der Waals surface area (Å²) in [6, 6.07) is 2.90. The fraction of sp³-hybridized carbons (Fsp3) is 0.333. The third-order valence-corrected chi connectivity index (χ3v) is 2.94. The number of hydrogen-bond donors (Lipinski definition) is 2. The second-order valence-electron chi connectivity index (χ2n) is 4.23. The minimum Gasteiger partial charge on any atom is -0.399 e. The summed E-state index contributed by atoms with van der Waals surface area (Å²) in [6.45, 7) is 0.500. The number of nitrogens with two attached hydrogens (primary N) is 2. The number of rotatable bonds is 2. The van der Waals surface area contributed by atoms with Gasteiger partial charge in [-0.25, -0.2) is 4.39 Å². The molecule has 1 aliphatic heterocycles. The molecule has 1 aromatic rings. The van der Waals surface area contributed by atoms with Crippen LogP contribution in [0.25, 0.3) is 0 Å². The first-order chi connectivity index (χ1) is 9.00. The number of halogens is 1. The van der Waals surface area contributed by atoms with Crippen molar-refractivity contribution in [2.24, 2.45) is 5.73 Å². The van der Waals surface area contributed by atoms with Crippen LogP contribution < -0.4 is 11.5 Å². The van der Waals surface area contributed by atoms with Crippen molar-refractivity contribution in [1.82, 2.24) is 4.90 Å². The molecule has 2 amide bonds. The molecule has 1 aliphatic rings. The number of anilines is 1. The van der Waals surface area contributed by atoms with Gasteiger partial charge in [-0.2, -0.15) is 0 Å². The number of morpholine rings is 1. The Balaban J connectivity index is 2.28. The Morgan fingerprint density at radius 2 is 2.16 bits per heavy atom. The van der Waals surface area contributed by atoms with Crippen LogP contribution in [-0.4, -0.2) is 42.5 Å². The summed E-state index contributed by atoms with van der Waals surface area (Å²) < 4.78 is 18.8. The molecule has 1 unspecified atom stereocenters. The van der Waals surface area contributed by atoms with Crippen molar-refractivity contribution < 1.29 is 18.7 Å². The van der Waals surface area contributed by atoms with Gasteiger partial charge in [0.15, 0.2) is 0 Å². The van der Waals surface area contributed by atoms with Crippen LogP contribution in [0, 0.1) is 5.82 Å². The normalized spacial score (nSPS) is 19.2. The Morgan fingerprint density at radius 3 is 2.79 bits per heavy atom. The van der Waals surface area contributed by atoms with Gasteiger partial charge in [0.05, 0.1) is 18.8 Å². The lowest BCUT2D eigenvalue weighted by Crippen LogP contribution is -2.54. The molecule has 1 heterocycles. The topological polar surface area (TPSA) is 98.7 Å². The van der Waals surface area contributed by atoms with Gasteiger partial charge in [-0.1, -0.05) is 0 Å². The summed E-state index contributed by atoms with van der Waals surface area (Å²) >= 11 is 0. The molecule has 1 fully saturated rings. The quantitative estimate of drug-likeness (QED) is 0.721. The fourth-order valence-electron chi connectivity index (χ4n) is 1.94. The standard InChI is InChI=1S/C12H14FN3O3/c13-9-5-7(14)1-2-8(9)12(18)16-3-4-19-6-10(16)11(15)17/h1-2,5,10H,3-4,6,14H2,(H2,15,17). The van der Waals surface area contributed by atoms with E-state index >= 15 is 0 Å². The van der Waals surface area contributed by atoms with Crippen LogP contribution in [0.1, 0.15) is 10.4 Å². The maximum absolute atomic E-state index is 13.7. The molecule has 2 rings (SSSR count). The first kappa shape index (κ1) is 13.3. The van der Waals surface area contributed by atoms with E-state index < -0.39 is 23.7 Å². The van der Waals surface area contributed by atoms with E-state index in [1.54, 1.807) is 0 Å². The van der Waals surface area contributed by atoms with Crippen LogP contribution in [0.5, 0.6) is 0 Å². The largest absolute Gasteiger partial charge is 0.399 e. The highest BCUT2D eigenvalue weighted by molar-refractivity contribution is 5.98. The van der Waals surface area contributed by atoms with Gasteiger partial charge in [0, 0.05) is 12.2 Å². The zero-order valence-electron chi connectivity index (χ0n) is 10.1. The number of hydrogen-bond acceptors (Lipinski definition) is 4. The number of ether oxygens (including phenoxy) is 1. The Labute approximate surface area is 109 Å². The smallest absolute Gasteiger partial charge is 0.257 e. The van der Waals surface area contributed by atoms with Gasteiger partial charge >= 0.3 is 0 Å². The van der Waals surface area contributed by atoms with E-state index in [9.17, 15) is 14.0 Å². The van der Waals surface area contributed by atoms with E-state index in [0.717, 1.165) is 6.07 Å². The van der Waals surface area contributed by atoms with E-state index in [-0.39, 0.29) is 31.0 Å². The summed E-state index contributed by atoms with van der Waals surface area (Å²) in [7, 11) is 0. The molecule has 0 spiro atoms. The number of amides is 2. The molecule has 0 radical (unpaired) electrons. The van der Waals surface area contributed by atoms with Crippen LogP contribution in [0.3, 0.4) is 0 Å². The Morgan fingerprint density at radius 1 is 1.42 bits per heavy atom. The molecule has 4 N–H and O–H groups in total. The summed E-state index contributed by atoms with van der Waals surface area (Å²) in [6.07, 6.45) is 0. The number of nitrogen functional groups attached to an aromatic ring is 1. The van der Waals surface area contributed by atoms with Crippen molar-refractivity contribution in [2.75, 3.05) is 25.5 Å². The highest BCUT2D eigenvalue weighted by Crippen LogP contribution is 2.17. The highest BCUT2D eigenvalue weighted by Gasteiger charge is 2.32. The average molecular weight is 267 g/mol. The van der Waals surface area contributed by atoms with Crippen molar-refractivity contribution in [3.8, 4) is 0 Å². The summed E-state index contributed by atoms with van der Waals surface area (Å²) in [4.78, 5) is 24.7. The second kappa shape index (κ2) is 5.23. The van der Waals surface area contributed by atoms with Crippen LogP contribution in [0.4, 0.5) is 10.1 Å². The van der Waals surface area contributed by atoms with Crippen LogP contribution in [-0.2, 0) is 9.53 Å². The van der Waals surface area contributed by atoms with E-state index in [1.807, 2.05) is 0 Å². The lowest BCUT2D eigenvalue weighted by molar-refractivity contribution is -0.127.